The van der Waals surface area contributed by atoms with Crippen LogP contribution >= 0.6 is 0 Å². The van der Waals surface area contributed by atoms with Crippen molar-refractivity contribution in [3.63, 3.8) is 0 Å². The van der Waals surface area contributed by atoms with Gasteiger partial charge in [-0.1, -0.05) is 6.07 Å². The molecule has 0 saturated carbocycles. The van der Waals surface area contributed by atoms with Crippen LogP contribution in [0.15, 0.2) is 30.5 Å². The van der Waals surface area contributed by atoms with Gasteiger partial charge in [-0.05, 0) is 37.1 Å². The van der Waals surface area contributed by atoms with Crippen molar-refractivity contribution in [2.24, 2.45) is 0 Å². The second kappa shape index (κ2) is 5.89. The quantitative estimate of drug-likeness (QED) is 0.853. The summed E-state index contributed by atoms with van der Waals surface area (Å²) in [4.78, 5) is 4.29. The van der Waals surface area contributed by atoms with Gasteiger partial charge in [-0.3, -0.25) is 4.98 Å². The highest BCUT2D eigenvalue weighted by Crippen LogP contribution is 2.18. The normalized spacial score (nSPS) is 12.8. The van der Waals surface area contributed by atoms with Gasteiger partial charge in [0.05, 0.1) is 5.52 Å². The number of rotatable bonds is 5. The first-order valence-electron chi connectivity index (χ1n) is 6.08. The van der Waals surface area contributed by atoms with Crippen molar-refractivity contribution in [1.82, 2.24) is 10.3 Å². The van der Waals surface area contributed by atoms with Gasteiger partial charge in [0.2, 0.25) is 0 Å². The number of hydrogen-bond donors (Lipinski definition) is 2. The maximum absolute atomic E-state index is 13.5. The highest BCUT2D eigenvalue weighted by molar-refractivity contribution is 5.81. The van der Waals surface area contributed by atoms with Crippen molar-refractivity contribution >= 4 is 10.9 Å². The Balaban J connectivity index is 2.21. The molecule has 0 aliphatic carbocycles. The number of aromatic nitrogens is 1. The predicted octanol–water partition coefficient (Wildman–Crippen LogP) is 2.23. The second-order valence-corrected chi connectivity index (χ2v) is 4.43. The first-order valence-corrected chi connectivity index (χ1v) is 6.08. The van der Waals surface area contributed by atoms with Gasteiger partial charge in [0.15, 0.2) is 0 Å². The van der Waals surface area contributed by atoms with Crippen LogP contribution in [0.5, 0.6) is 0 Å². The highest BCUT2D eigenvalue weighted by Gasteiger charge is 2.07. The van der Waals surface area contributed by atoms with E-state index in [2.05, 4.69) is 10.3 Å². The Morgan fingerprint density at radius 2 is 2.28 bits per heavy atom. The lowest BCUT2D eigenvalue weighted by Crippen LogP contribution is -2.26. The van der Waals surface area contributed by atoms with Crippen LogP contribution in [0.3, 0.4) is 0 Å². The predicted molar refractivity (Wildman–Crippen MR) is 69.7 cm³/mol. The van der Waals surface area contributed by atoms with Gasteiger partial charge < -0.3 is 10.4 Å². The zero-order chi connectivity index (χ0) is 13.0. The van der Waals surface area contributed by atoms with Gasteiger partial charge in [0.25, 0.3) is 0 Å². The van der Waals surface area contributed by atoms with Crippen LogP contribution in [-0.4, -0.2) is 22.7 Å². The van der Waals surface area contributed by atoms with Gasteiger partial charge in [0.1, 0.15) is 5.82 Å². The summed E-state index contributed by atoms with van der Waals surface area (Å²) < 4.78 is 13.5. The van der Waals surface area contributed by atoms with E-state index in [0.29, 0.717) is 13.0 Å². The van der Waals surface area contributed by atoms with Crippen molar-refractivity contribution in [2.75, 3.05) is 6.61 Å². The molecule has 18 heavy (non-hydrogen) atoms. The Bertz CT molecular complexity index is 530. The molecule has 0 bridgehead atoms. The molecule has 0 radical (unpaired) electrons. The first-order chi connectivity index (χ1) is 8.70. The van der Waals surface area contributed by atoms with Gasteiger partial charge in [-0.25, -0.2) is 4.39 Å². The summed E-state index contributed by atoms with van der Waals surface area (Å²) in [6, 6.07) is 6.84. The summed E-state index contributed by atoms with van der Waals surface area (Å²) in [6.45, 7) is 2.69. The average molecular weight is 248 g/mol. The minimum atomic E-state index is -0.248. The van der Waals surface area contributed by atoms with E-state index >= 15 is 0 Å². The Morgan fingerprint density at radius 1 is 1.44 bits per heavy atom. The van der Waals surface area contributed by atoms with Crippen LogP contribution in [0.25, 0.3) is 10.9 Å². The number of nitrogens with one attached hydrogen (secondary N) is 1. The zero-order valence-corrected chi connectivity index (χ0v) is 10.4. The van der Waals surface area contributed by atoms with E-state index in [1.807, 2.05) is 13.0 Å². The number of benzene rings is 1. The maximum Gasteiger partial charge on any atom is 0.124 e. The van der Waals surface area contributed by atoms with Crippen molar-refractivity contribution in [2.45, 2.75) is 25.9 Å². The molecule has 96 valence electrons. The van der Waals surface area contributed by atoms with Crippen LogP contribution in [0, 0.1) is 5.82 Å². The topological polar surface area (TPSA) is 45.1 Å². The lowest BCUT2D eigenvalue weighted by Gasteiger charge is -2.13. The summed E-state index contributed by atoms with van der Waals surface area (Å²) in [7, 11) is 0. The molecule has 0 saturated heterocycles. The summed E-state index contributed by atoms with van der Waals surface area (Å²) in [6.07, 6.45) is 2.39. The monoisotopic (exact) mass is 248 g/mol. The molecule has 1 heterocycles. The number of pyridine rings is 1. The minimum Gasteiger partial charge on any atom is -0.396 e. The van der Waals surface area contributed by atoms with Gasteiger partial charge >= 0.3 is 0 Å². The maximum atomic E-state index is 13.5. The smallest absolute Gasteiger partial charge is 0.124 e. The number of fused-ring (bicyclic) bond motifs is 1. The number of aliphatic hydroxyl groups is 1. The molecular weight excluding hydrogens is 231 g/mol. The molecule has 2 aromatic rings. The lowest BCUT2D eigenvalue weighted by molar-refractivity contribution is 0.268. The van der Waals surface area contributed by atoms with E-state index in [4.69, 9.17) is 5.11 Å². The molecular formula is C14H17FN2O. The Morgan fingerprint density at radius 3 is 3.06 bits per heavy atom. The second-order valence-electron chi connectivity index (χ2n) is 4.43. The third-order valence-electron chi connectivity index (χ3n) is 2.95. The molecule has 0 amide bonds. The zero-order valence-electron chi connectivity index (χ0n) is 10.4. The largest absolute Gasteiger partial charge is 0.396 e. The Labute approximate surface area is 106 Å². The molecule has 1 aromatic carbocycles. The van der Waals surface area contributed by atoms with Gasteiger partial charge in [-0.2, -0.15) is 0 Å². The van der Waals surface area contributed by atoms with Crippen molar-refractivity contribution in [3.05, 3.63) is 41.8 Å². The standard InChI is InChI=1S/C14H17FN2O/c1-10(4-6-18)17-9-12-8-13(15)7-11-3-2-5-16-14(11)12/h2-3,5,7-8,10,17-18H,4,6,9H2,1H3. The van der Waals surface area contributed by atoms with Crippen molar-refractivity contribution < 1.29 is 9.50 Å². The molecule has 1 atom stereocenters. The SMILES string of the molecule is CC(CCO)NCc1cc(F)cc2cccnc12. The van der Waals surface area contributed by atoms with Crippen LogP contribution in [0.1, 0.15) is 18.9 Å². The summed E-state index contributed by atoms with van der Waals surface area (Å²) >= 11 is 0. The molecule has 1 aromatic heterocycles. The summed E-state index contributed by atoms with van der Waals surface area (Å²) in [5.74, 6) is -0.248. The van der Waals surface area contributed by atoms with E-state index in [-0.39, 0.29) is 18.5 Å². The first kappa shape index (κ1) is 12.9. The van der Waals surface area contributed by atoms with E-state index in [1.54, 1.807) is 12.3 Å². The fourth-order valence-corrected chi connectivity index (χ4v) is 1.94. The Kier molecular flexibility index (Phi) is 4.23. The van der Waals surface area contributed by atoms with Crippen molar-refractivity contribution in [1.29, 1.82) is 0 Å². The van der Waals surface area contributed by atoms with Crippen LogP contribution in [-0.2, 0) is 6.54 Å². The Hall–Kier alpha value is -1.52. The molecule has 0 aliphatic rings. The lowest BCUT2D eigenvalue weighted by atomic mass is 10.1. The number of nitrogens with zero attached hydrogens (tertiary/aromatic N) is 1. The molecule has 4 heteroatoms. The molecule has 2 N–H and O–H groups in total. The van der Waals surface area contributed by atoms with E-state index in [9.17, 15) is 4.39 Å². The fraction of sp³-hybridized carbons (Fsp3) is 0.357. The van der Waals surface area contributed by atoms with E-state index in [1.165, 1.54) is 12.1 Å². The highest BCUT2D eigenvalue weighted by atomic mass is 19.1. The molecule has 0 fully saturated rings. The van der Waals surface area contributed by atoms with E-state index < -0.39 is 0 Å². The minimum absolute atomic E-state index is 0.149. The number of hydrogen-bond acceptors (Lipinski definition) is 3. The molecule has 0 spiro atoms. The molecule has 2 rings (SSSR count). The van der Waals surface area contributed by atoms with Crippen LogP contribution in [0.2, 0.25) is 0 Å². The van der Waals surface area contributed by atoms with Gasteiger partial charge in [0, 0.05) is 30.8 Å². The molecule has 1 unspecified atom stereocenters. The van der Waals surface area contributed by atoms with Crippen molar-refractivity contribution in [3.8, 4) is 0 Å². The molecule has 3 nitrogen and oxygen atoms in total. The average Bonchev–Trinajstić information content (AvgIpc) is 2.36. The molecule has 0 aliphatic heterocycles. The third-order valence-corrected chi connectivity index (χ3v) is 2.95. The summed E-state index contributed by atoms with van der Waals surface area (Å²) in [5, 5.41) is 12.9. The number of aliphatic hydroxyl groups excluding tert-OH is 1. The summed E-state index contributed by atoms with van der Waals surface area (Å²) in [5.41, 5.74) is 1.66. The fourth-order valence-electron chi connectivity index (χ4n) is 1.94. The van der Waals surface area contributed by atoms with Crippen LogP contribution in [0.4, 0.5) is 4.39 Å². The number of halogens is 1. The van der Waals surface area contributed by atoms with Crippen LogP contribution < -0.4 is 5.32 Å². The van der Waals surface area contributed by atoms with E-state index in [0.717, 1.165) is 16.5 Å². The van der Waals surface area contributed by atoms with Gasteiger partial charge in [-0.15, -0.1) is 0 Å². The third kappa shape index (κ3) is 3.03.